The summed E-state index contributed by atoms with van der Waals surface area (Å²) >= 11 is 0. The summed E-state index contributed by atoms with van der Waals surface area (Å²) in [7, 11) is 0. The van der Waals surface area contributed by atoms with Gasteiger partial charge in [0.2, 0.25) is 0 Å². The lowest BCUT2D eigenvalue weighted by Gasteiger charge is -2.24. The maximum absolute atomic E-state index is 13.1. The third-order valence-electron chi connectivity index (χ3n) is 2.60. The van der Waals surface area contributed by atoms with E-state index in [1.54, 1.807) is 13.0 Å². The maximum Gasteiger partial charge on any atom is 0.159 e. The zero-order valence-electron chi connectivity index (χ0n) is 10.4. The molecule has 0 saturated heterocycles. The van der Waals surface area contributed by atoms with Crippen molar-refractivity contribution in [3.63, 3.8) is 0 Å². The lowest BCUT2D eigenvalue weighted by Crippen LogP contribution is -2.31. The summed E-state index contributed by atoms with van der Waals surface area (Å²) < 4.78 is 26.0. The topological polar surface area (TPSA) is 32.3 Å². The Balaban J connectivity index is 2.85. The fourth-order valence-corrected chi connectivity index (χ4v) is 1.74. The average molecular weight is 243 g/mol. The molecule has 2 N–H and O–H groups in total. The van der Waals surface area contributed by atoms with Gasteiger partial charge >= 0.3 is 0 Å². The molecule has 0 amide bonds. The second kappa shape index (κ2) is 6.07. The molecule has 0 aliphatic heterocycles. The molecule has 0 aromatic heterocycles. The van der Waals surface area contributed by atoms with Gasteiger partial charge in [-0.25, -0.2) is 8.78 Å². The third kappa shape index (κ3) is 4.06. The summed E-state index contributed by atoms with van der Waals surface area (Å²) in [5.74, 6) is -1.46. The molecule has 0 bridgehead atoms. The Morgan fingerprint density at radius 3 is 2.29 bits per heavy atom. The highest BCUT2D eigenvalue weighted by atomic mass is 19.2. The summed E-state index contributed by atoms with van der Waals surface area (Å²) in [6, 6.07) is 3.80. The molecule has 1 rings (SSSR count). The van der Waals surface area contributed by atoms with Crippen LogP contribution in [0.2, 0.25) is 0 Å². The van der Waals surface area contributed by atoms with E-state index in [0.717, 1.165) is 6.07 Å². The number of rotatable bonds is 5. The molecule has 0 spiro atoms. The van der Waals surface area contributed by atoms with Gasteiger partial charge in [-0.2, -0.15) is 0 Å². The van der Waals surface area contributed by atoms with Gasteiger partial charge in [0.05, 0.1) is 6.10 Å². The van der Waals surface area contributed by atoms with E-state index < -0.39 is 17.7 Å². The Morgan fingerprint density at radius 2 is 1.82 bits per heavy atom. The number of hydrogen-bond donors (Lipinski definition) is 2. The van der Waals surface area contributed by atoms with Crippen LogP contribution < -0.4 is 5.32 Å². The molecule has 0 unspecified atom stereocenters. The van der Waals surface area contributed by atoms with Gasteiger partial charge in [0, 0.05) is 12.6 Å². The molecule has 0 fully saturated rings. The Hall–Kier alpha value is -1.00. The van der Waals surface area contributed by atoms with Crippen LogP contribution in [0, 0.1) is 17.6 Å². The molecule has 4 heteroatoms. The Kier molecular flexibility index (Phi) is 5.02. The fraction of sp³-hybridized carbons (Fsp3) is 0.538. The number of aliphatic hydroxyl groups excluding tert-OH is 1. The Morgan fingerprint density at radius 1 is 1.18 bits per heavy atom. The van der Waals surface area contributed by atoms with E-state index in [9.17, 15) is 13.9 Å². The van der Waals surface area contributed by atoms with E-state index in [0.29, 0.717) is 12.1 Å². The van der Waals surface area contributed by atoms with Gasteiger partial charge in [0.15, 0.2) is 11.6 Å². The normalized spacial score (nSPS) is 15.0. The minimum Gasteiger partial charge on any atom is -0.392 e. The van der Waals surface area contributed by atoms with Crippen LogP contribution in [0.5, 0.6) is 0 Å². The fourth-order valence-electron chi connectivity index (χ4n) is 1.74. The van der Waals surface area contributed by atoms with Crippen LogP contribution in [0.4, 0.5) is 8.78 Å². The molecular formula is C13H19F2NO. The molecule has 0 radical (unpaired) electrons. The standard InChI is InChI=1S/C13H19F2NO/c1-8(2)13(16-7-9(3)17)10-4-5-11(14)12(15)6-10/h4-6,8-9,13,16-17H,7H2,1-3H3/t9-,13+/m0/s1. The summed E-state index contributed by atoms with van der Waals surface area (Å²) in [5, 5.41) is 12.4. The van der Waals surface area contributed by atoms with Crippen molar-refractivity contribution in [1.29, 1.82) is 0 Å². The van der Waals surface area contributed by atoms with E-state index in [1.165, 1.54) is 6.07 Å². The van der Waals surface area contributed by atoms with Crippen LogP contribution in [-0.2, 0) is 0 Å². The van der Waals surface area contributed by atoms with Crippen LogP contribution >= 0.6 is 0 Å². The molecule has 0 saturated carbocycles. The zero-order valence-corrected chi connectivity index (χ0v) is 10.4. The molecule has 0 heterocycles. The first kappa shape index (κ1) is 14.1. The van der Waals surface area contributed by atoms with Gasteiger partial charge in [0.1, 0.15) is 0 Å². The average Bonchev–Trinajstić information content (AvgIpc) is 2.22. The summed E-state index contributed by atoms with van der Waals surface area (Å²) in [4.78, 5) is 0. The highest BCUT2D eigenvalue weighted by molar-refractivity contribution is 5.21. The van der Waals surface area contributed by atoms with E-state index in [4.69, 9.17) is 0 Å². The van der Waals surface area contributed by atoms with Gasteiger partial charge < -0.3 is 10.4 Å². The first-order chi connectivity index (χ1) is 7.91. The monoisotopic (exact) mass is 243 g/mol. The number of aliphatic hydroxyl groups is 1. The zero-order chi connectivity index (χ0) is 13.0. The number of nitrogens with one attached hydrogen (secondary N) is 1. The van der Waals surface area contributed by atoms with Crippen LogP contribution in [0.15, 0.2) is 18.2 Å². The van der Waals surface area contributed by atoms with E-state index in [1.807, 2.05) is 13.8 Å². The molecule has 0 aliphatic carbocycles. The van der Waals surface area contributed by atoms with Crippen molar-refractivity contribution in [1.82, 2.24) is 5.32 Å². The van der Waals surface area contributed by atoms with Crippen molar-refractivity contribution in [2.45, 2.75) is 32.9 Å². The molecule has 2 atom stereocenters. The maximum atomic E-state index is 13.1. The van der Waals surface area contributed by atoms with Crippen molar-refractivity contribution < 1.29 is 13.9 Å². The highest BCUT2D eigenvalue weighted by Crippen LogP contribution is 2.23. The van der Waals surface area contributed by atoms with Gasteiger partial charge in [-0.05, 0) is 30.5 Å². The SMILES string of the molecule is CC(C)[C@@H](NC[C@H](C)O)c1ccc(F)c(F)c1. The van der Waals surface area contributed by atoms with E-state index in [-0.39, 0.29) is 12.0 Å². The molecule has 17 heavy (non-hydrogen) atoms. The summed E-state index contributed by atoms with van der Waals surface area (Å²) in [6.07, 6.45) is -0.471. The van der Waals surface area contributed by atoms with Crippen molar-refractivity contribution >= 4 is 0 Å². The second-order valence-electron chi connectivity index (χ2n) is 4.65. The number of hydrogen-bond acceptors (Lipinski definition) is 2. The van der Waals surface area contributed by atoms with Gasteiger partial charge in [-0.3, -0.25) is 0 Å². The van der Waals surface area contributed by atoms with Crippen LogP contribution in [-0.4, -0.2) is 17.8 Å². The Labute approximate surface area is 101 Å². The van der Waals surface area contributed by atoms with E-state index in [2.05, 4.69) is 5.32 Å². The minimum absolute atomic E-state index is 0.0975. The predicted octanol–water partition coefficient (Wildman–Crippen LogP) is 2.63. The first-order valence-electron chi connectivity index (χ1n) is 5.78. The first-order valence-corrected chi connectivity index (χ1v) is 5.78. The van der Waals surface area contributed by atoms with Gasteiger partial charge in [0.25, 0.3) is 0 Å². The smallest absolute Gasteiger partial charge is 0.159 e. The third-order valence-corrected chi connectivity index (χ3v) is 2.60. The van der Waals surface area contributed by atoms with Crippen molar-refractivity contribution in [3.8, 4) is 0 Å². The number of benzene rings is 1. The van der Waals surface area contributed by atoms with Crippen molar-refractivity contribution in [2.75, 3.05) is 6.54 Å². The van der Waals surface area contributed by atoms with Crippen molar-refractivity contribution in [2.24, 2.45) is 5.92 Å². The van der Waals surface area contributed by atoms with Crippen LogP contribution in [0.25, 0.3) is 0 Å². The van der Waals surface area contributed by atoms with E-state index >= 15 is 0 Å². The summed E-state index contributed by atoms with van der Waals surface area (Å²) in [5.41, 5.74) is 0.694. The highest BCUT2D eigenvalue weighted by Gasteiger charge is 2.17. The van der Waals surface area contributed by atoms with Gasteiger partial charge in [-0.15, -0.1) is 0 Å². The van der Waals surface area contributed by atoms with Gasteiger partial charge in [-0.1, -0.05) is 19.9 Å². The van der Waals surface area contributed by atoms with Crippen molar-refractivity contribution in [3.05, 3.63) is 35.4 Å². The lowest BCUT2D eigenvalue weighted by atomic mass is 9.95. The molecule has 0 aliphatic rings. The molecule has 96 valence electrons. The quantitative estimate of drug-likeness (QED) is 0.833. The largest absolute Gasteiger partial charge is 0.392 e. The second-order valence-corrected chi connectivity index (χ2v) is 4.65. The molecule has 1 aromatic rings. The molecular weight excluding hydrogens is 224 g/mol. The van der Waals surface area contributed by atoms with Crippen LogP contribution in [0.1, 0.15) is 32.4 Å². The van der Waals surface area contributed by atoms with Crippen LogP contribution in [0.3, 0.4) is 0 Å². The summed E-state index contributed by atoms with van der Waals surface area (Å²) in [6.45, 7) is 6.07. The lowest BCUT2D eigenvalue weighted by molar-refractivity contribution is 0.181. The predicted molar refractivity (Wildman–Crippen MR) is 63.6 cm³/mol. The number of halogens is 2. The Bertz CT molecular complexity index is 366. The molecule has 2 nitrogen and oxygen atoms in total. The minimum atomic E-state index is -0.841. The molecule has 1 aromatic carbocycles.